The largest absolute Gasteiger partial charge is 0.496 e. The Balaban J connectivity index is 2.55. The third-order valence-electron chi connectivity index (χ3n) is 2.43. The number of rotatable bonds is 3. The average molecular weight is 201 g/mol. The minimum Gasteiger partial charge on any atom is -0.496 e. The second-order valence-electron chi connectivity index (χ2n) is 3.79. The third kappa shape index (κ3) is 1.75. The van der Waals surface area contributed by atoms with Gasteiger partial charge in [0.1, 0.15) is 5.75 Å². The molecule has 15 heavy (non-hydrogen) atoms. The fourth-order valence-corrected chi connectivity index (χ4v) is 1.80. The van der Waals surface area contributed by atoms with Crippen LogP contribution in [0.4, 0.5) is 0 Å². The number of fused-ring (bicyclic) bond motifs is 1. The smallest absolute Gasteiger partial charge is 0.128 e. The molecule has 0 spiro atoms. The molecule has 1 aromatic carbocycles. The Morgan fingerprint density at radius 1 is 1.40 bits per heavy atom. The van der Waals surface area contributed by atoms with Crippen LogP contribution < -0.4 is 4.74 Å². The summed E-state index contributed by atoms with van der Waals surface area (Å²) in [6.07, 6.45) is 2.07. The van der Waals surface area contributed by atoms with Crippen LogP contribution in [0.5, 0.6) is 5.75 Å². The molecule has 0 radical (unpaired) electrons. The molecule has 0 aliphatic carbocycles. The highest BCUT2D eigenvalue weighted by molar-refractivity contribution is 5.86. The van der Waals surface area contributed by atoms with Crippen molar-refractivity contribution in [1.82, 2.24) is 4.57 Å². The van der Waals surface area contributed by atoms with E-state index in [9.17, 15) is 0 Å². The molecule has 0 amide bonds. The molecule has 0 aliphatic rings. The summed E-state index contributed by atoms with van der Waals surface area (Å²) in [7, 11) is 1.70. The van der Waals surface area contributed by atoms with E-state index in [1.165, 1.54) is 5.52 Å². The average Bonchev–Trinajstić information content (AvgIpc) is 2.61. The van der Waals surface area contributed by atoms with Gasteiger partial charge in [-0.05, 0) is 25.1 Å². The van der Waals surface area contributed by atoms with E-state index in [0.29, 0.717) is 0 Å². The van der Waals surface area contributed by atoms with Gasteiger partial charge in [-0.2, -0.15) is 0 Å². The van der Waals surface area contributed by atoms with Crippen LogP contribution in [0.1, 0.15) is 6.92 Å². The fraction of sp³-hybridized carbons (Fsp3) is 0.231. The Labute approximate surface area is 89.8 Å². The molecule has 1 aromatic heterocycles. The minimum absolute atomic E-state index is 0.858. The Morgan fingerprint density at radius 2 is 2.20 bits per heavy atom. The number of hydrogen-bond acceptors (Lipinski definition) is 1. The molecule has 0 fully saturated rings. The van der Waals surface area contributed by atoms with E-state index in [0.717, 1.165) is 23.3 Å². The van der Waals surface area contributed by atoms with E-state index in [-0.39, 0.29) is 0 Å². The van der Waals surface area contributed by atoms with Crippen molar-refractivity contribution in [3.05, 3.63) is 42.6 Å². The summed E-state index contributed by atoms with van der Waals surface area (Å²) in [5, 5.41) is 1.15. The van der Waals surface area contributed by atoms with Crippen molar-refractivity contribution < 1.29 is 4.74 Å². The van der Waals surface area contributed by atoms with Gasteiger partial charge in [-0.1, -0.05) is 18.2 Å². The topological polar surface area (TPSA) is 14.2 Å². The summed E-state index contributed by atoms with van der Waals surface area (Å²) in [5.74, 6) is 0.924. The lowest BCUT2D eigenvalue weighted by Crippen LogP contribution is -1.96. The molecule has 0 saturated carbocycles. The summed E-state index contributed by atoms with van der Waals surface area (Å²) < 4.78 is 7.49. The van der Waals surface area contributed by atoms with Crippen LogP contribution in [0.15, 0.2) is 42.6 Å². The SMILES string of the molecule is C=C(C)Cn1ccc2c(OC)cccc21. The van der Waals surface area contributed by atoms with Gasteiger partial charge in [-0.15, -0.1) is 0 Å². The Morgan fingerprint density at radius 3 is 2.87 bits per heavy atom. The van der Waals surface area contributed by atoms with E-state index in [2.05, 4.69) is 29.5 Å². The van der Waals surface area contributed by atoms with Crippen molar-refractivity contribution in [2.24, 2.45) is 0 Å². The quantitative estimate of drug-likeness (QED) is 0.695. The van der Waals surface area contributed by atoms with Crippen molar-refractivity contribution in [2.75, 3.05) is 7.11 Å². The molecular weight excluding hydrogens is 186 g/mol. The van der Waals surface area contributed by atoms with Gasteiger partial charge in [-0.3, -0.25) is 0 Å². The molecule has 2 aromatic rings. The summed E-state index contributed by atoms with van der Waals surface area (Å²) in [6, 6.07) is 8.17. The summed E-state index contributed by atoms with van der Waals surface area (Å²) in [4.78, 5) is 0. The third-order valence-corrected chi connectivity index (χ3v) is 2.43. The molecule has 0 saturated heterocycles. The zero-order chi connectivity index (χ0) is 10.8. The highest BCUT2D eigenvalue weighted by Crippen LogP contribution is 2.26. The van der Waals surface area contributed by atoms with Gasteiger partial charge >= 0.3 is 0 Å². The Kier molecular flexibility index (Phi) is 2.50. The van der Waals surface area contributed by atoms with Gasteiger partial charge in [0.25, 0.3) is 0 Å². The van der Waals surface area contributed by atoms with E-state index in [1.54, 1.807) is 7.11 Å². The van der Waals surface area contributed by atoms with Crippen molar-refractivity contribution in [1.29, 1.82) is 0 Å². The predicted octanol–water partition coefficient (Wildman–Crippen LogP) is 3.23. The van der Waals surface area contributed by atoms with Crippen molar-refractivity contribution in [3.63, 3.8) is 0 Å². The van der Waals surface area contributed by atoms with E-state index in [1.807, 2.05) is 19.1 Å². The van der Waals surface area contributed by atoms with Crippen LogP contribution in [0.3, 0.4) is 0 Å². The number of ether oxygens (including phenoxy) is 1. The number of methoxy groups -OCH3 is 1. The summed E-state index contributed by atoms with van der Waals surface area (Å²) in [6.45, 7) is 6.82. The molecule has 2 nitrogen and oxygen atoms in total. The van der Waals surface area contributed by atoms with Gasteiger partial charge in [0.05, 0.1) is 12.6 Å². The normalized spacial score (nSPS) is 10.5. The first-order chi connectivity index (χ1) is 7.22. The first kappa shape index (κ1) is 9.84. The number of nitrogens with zero attached hydrogens (tertiary/aromatic N) is 1. The number of allylic oxidation sites excluding steroid dienone is 1. The van der Waals surface area contributed by atoms with Crippen LogP contribution >= 0.6 is 0 Å². The van der Waals surface area contributed by atoms with Gasteiger partial charge in [0.2, 0.25) is 0 Å². The van der Waals surface area contributed by atoms with Crippen LogP contribution in [0.2, 0.25) is 0 Å². The first-order valence-corrected chi connectivity index (χ1v) is 4.98. The molecule has 2 rings (SSSR count). The van der Waals surface area contributed by atoms with E-state index < -0.39 is 0 Å². The lowest BCUT2D eigenvalue weighted by molar-refractivity contribution is 0.420. The molecule has 0 N–H and O–H groups in total. The summed E-state index contributed by atoms with van der Waals surface area (Å²) in [5.41, 5.74) is 2.34. The molecule has 1 heterocycles. The van der Waals surface area contributed by atoms with Crippen molar-refractivity contribution >= 4 is 10.9 Å². The lowest BCUT2D eigenvalue weighted by atomic mass is 10.2. The maximum absolute atomic E-state index is 5.31. The van der Waals surface area contributed by atoms with E-state index in [4.69, 9.17) is 4.74 Å². The minimum atomic E-state index is 0.858. The molecule has 2 heteroatoms. The molecule has 0 bridgehead atoms. The second kappa shape index (κ2) is 3.81. The van der Waals surface area contributed by atoms with Crippen LogP contribution in [0, 0.1) is 0 Å². The molecular formula is C13H15NO. The fourth-order valence-electron chi connectivity index (χ4n) is 1.80. The Hall–Kier alpha value is -1.70. The second-order valence-corrected chi connectivity index (χ2v) is 3.79. The molecule has 0 aliphatic heterocycles. The van der Waals surface area contributed by atoms with Crippen molar-refractivity contribution in [3.8, 4) is 5.75 Å². The van der Waals surface area contributed by atoms with Crippen LogP contribution in [0.25, 0.3) is 10.9 Å². The van der Waals surface area contributed by atoms with Gasteiger partial charge in [-0.25, -0.2) is 0 Å². The zero-order valence-electron chi connectivity index (χ0n) is 9.16. The lowest BCUT2D eigenvalue weighted by Gasteiger charge is -2.06. The van der Waals surface area contributed by atoms with Gasteiger partial charge in [0, 0.05) is 18.1 Å². The molecule has 0 atom stereocenters. The maximum Gasteiger partial charge on any atom is 0.128 e. The van der Waals surface area contributed by atoms with E-state index >= 15 is 0 Å². The van der Waals surface area contributed by atoms with Crippen molar-refractivity contribution in [2.45, 2.75) is 13.5 Å². The highest BCUT2D eigenvalue weighted by Gasteiger charge is 2.04. The summed E-state index contributed by atoms with van der Waals surface area (Å²) >= 11 is 0. The highest BCUT2D eigenvalue weighted by atomic mass is 16.5. The number of aromatic nitrogens is 1. The van der Waals surface area contributed by atoms with Gasteiger partial charge < -0.3 is 9.30 Å². The zero-order valence-corrected chi connectivity index (χ0v) is 9.16. The Bertz CT molecular complexity index is 496. The van der Waals surface area contributed by atoms with Crippen LogP contribution in [-0.2, 0) is 6.54 Å². The predicted molar refractivity (Wildman–Crippen MR) is 63.3 cm³/mol. The first-order valence-electron chi connectivity index (χ1n) is 4.98. The molecule has 78 valence electrons. The maximum atomic E-state index is 5.31. The standard InChI is InChI=1S/C13H15NO/c1-10(2)9-14-8-7-11-12(14)5-4-6-13(11)15-3/h4-8H,1,9H2,2-3H3. The molecule has 0 unspecified atom stereocenters. The number of hydrogen-bond donors (Lipinski definition) is 0. The number of benzene rings is 1. The monoisotopic (exact) mass is 201 g/mol. The van der Waals surface area contributed by atoms with Gasteiger partial charge in [0.15, 0.2) is 0 Å². The van der Waals surface area contributed by atoms with Crippen LogP contribution in [-0.4, -0.2) is 11.7 Å².